The van der Waals surface area contributed by atoms with Crippen molar-refractivity contribution in [3.63, 3.8) is 0 Å². The second-order valence-electron chi connectivity index (χ2n) is 20.0. The second kappa shape index (κ2) is 67.0. The number of hydrogen-bond acceptors (Lipinski definition) is 27. The molecule has 0 aromatic carbocycles. The third-order valence-corrected chi connectivity index (χ3v) is 5.81. The largest absolute Gasteiger partial charge is 0.365 e. The molecule has 0 fully saturated rings. The van der Waals surface area contributed by atoms with Crippen LogP contribution in [0.2, 0.25) is 0 Å². The van der Waals surface area contributed by atoms with E-state index < -0.39 is 0 Å². The first-order valence-electron chi connectivity index (χ1n) is 25.7. The van der Waals surface area contributed by atoms with Crippen molar-refractivity contribution >= 4 is 23.3 Å². The fourth-order valence-electron chi connectivity index (χ4n) is 2.14. The van der Waals surface area contributed by atoms with Crippen LogP contribution in [0.25, 0.3) is 0 Å². The molecule has 9 heterocycles. The SMILES string of the molecule is CC(C)C.CC(C)C.CC(C)C.CC(C)C.CC(C)C.CC(C)C.CC(C)c1cnon1.CC(C)c1nnno1.CC(C)c1nnns1.c1cn[nH]c1.c1cnccn1.c1cnoc1.c1conn1.c1nnon1.c1nnsn1. The summed E-state index contributed by atoms with van der Waals surface area (Å²) in [7, 11) is 0. The van der Waals surface area contributed by atoms with Crippen molar-refractivity contribution in [2.75, 3.05) is 0 Å². The Labute approximate surface area is 479 Å². The molecule has 0 radical (unpaired) electrons. The van der Waals surface area contributed by atoms with E-state index in [1.807, 2.05) is 33.8 Å². The van der Waals surface area contributed by atoms with Gasteiger partial charge in [0.15, 0.2) is 12.7 Å². The van der Waals surface area contributed by atoms with Crippen LogP contribution in [0.1, 0.15) is 201 Å². The van der Waals surface area contributed by atoms with Crippen molar-refractivity contribution < 1.29 is 22.8 Å². The third-order valence-electron chi connectivity index (χ3n) is 4.56. The van der Waals surface area contributed by atoms with Gasteiger partial charge in [0.1, 0.15) is 23.2 Å². The molecule has 26 nitrogen and oxygen atoms in total. The lowest BCUT2D eigenvalue weighted by molar-refractivity contribution is 0.292. The summed E-state index contributed by atoms with van der Waals surface area (Å²) in [6, 6.07) is 3.56. The van der Waals surface area contributed by atoms with Gasteiger partial charge in [-0.15, -0.1) is 15.3 Å². The van der Waals surface area contributed by atoms with Gasteiger partial charge in [0.2, 0.25) is 0 Å². The van der Waals surface area contributed by atoms with Crippen molar-refractivity contribution in [3.8, 4) is 0 Å². The number of H-pyrrole nitrogens is 1. The van der Waals surface area contributed by atoms with E-state index in [1.165, 1.54) is 42.9 Å². The Morgan fingerprint density at radius 1 is 0.456 bits per heavy atom. The molecular weight excluding hydrogens is 1050 g/mol. The van der Waals surface area contributed by atoms with Crippen LogP contribution in [-0.2, 0) is 0 Å². The van der Waals surface area contributed by atoms with Crippen LogP contribution in [0.15, 0.2) is 116 Å². The van der Waals surface area contributed by atoms with Crippen LogP contribution < -0.4 is 0 Å². The summed E-state index contributed by atoms with van der Waals surface area (Å²) in [4.78, 5) is 7.44. The topological polar surface area (TPSA) is 339 Å². The van der Waals surface area contributed by atoms with Gasteiger partial charge < -0.3 is 13.6 Å². The van der Waals surface area contributed by atoms with Crippen LogP contribution in [-0.4, -0.2) is 106 Å². The van der Waals surface area contributed by atoms with Gasteiger partial charge >= 0.3 is 0 Å². The number of nitrogens with zero attached hydrogens (tertiary/aromatic N) is 20. The van der Waals surface area contributed by atoms with Crippen molar-refractivity contribution in [2.24, 2.45) is 35.5 Å². The zero-order valence-corrected chi connectivity index (χ0v) is 53.3. The van der Waals surface area contributed by atoms with E-state index in [2.05, 4.69) is 267 Å². The Hall–Kier alpha value is -7.10. The van der Waals surface area contributed by atoms with Crippen LogP contribution in [0.4, 0.5) is 0 Å². The molecule has 0 amide bonds. The molecule has 0 saturated carbocycles. The second-order valence-corrected chi connectivity index (χ2v) is 21.3. The number of aromatic amines is 1. The molecule has 0 aliphatic heterocycles. The van der Waals surface area contributed by atoms with E-state index in [1.54, 1.807) is 55.6 Å². The molecular formula is C51H97N21O5S2. The Morgan fingerprint density at radius 2 is 1.03 bits per heavy atom. The highest BCUT2D eigenvalue weighted by Crippen LogP contribution is 2.12. The Bertz CT molecular complexity index is 1730. The standard InChI is InChI=1S/C5H8N2O.C4H7N3O.C4H7N3S.C4H4N2.6C4H10.C3H4N2.C3H3NO.C2H2N2O.CHN3O.CHN3S/c1-4(2)5-3-6-8-7-5;2*1-3(2)4-5-6-7-8-4;1-2-6-4-3-5-1;6*1-4(2)3;2*1-2-4-5-3-1;1-2-5-4-3-1;2*1-2-4-5-3-1/h3-4H,1-2H3;2*3H,1-2H3;1-4H;6*4H,1-3H3;1-3H,(H,4,5);1-3H;1-2H;2*1H. The average Bonchev–Trinajstić information content (AvgIpc) is 4.23. The number of hydrogen-bond donors (Lipinski definition) is 1. The van der Waals surface area contributed by atoms with Gasteiger partial charge in [-0.3, -0.25) is 15.1 Å². The van der Waals surface area contributed by atoms with Crippen LogP contribution in [0.5, 0.6) is 0 Å². The summed E-state index contributed by atoms with van der Waals surface area (Å²) in [6.07, 6.45) is 20.2. The molecule has 448 valence electrons. The fraction of sp³-hybridized carbons (Fsp3) is 0.647. The Balaban J connectivity index is -0.000000182. The highest BCUT2D eigenvalue weighted by molar-refractivity contribution is 7.05. The highest BCUT2D eigenvalue weighted by atomic mass is 32.1. The van der Waals surface area contributed by atoms with Gasteiger partial charge in [-0.1, -0.05) is 201 Å². The molecule has 0 bridgehead atoms. The smallest absolute Gasteiger partial charge is 0.250 e. The van der Waals surface area contributed by atoms with Gasteiger partial charge in [0, 0.05) is 71.7 Å². The molecule has 0 spiro atoms. The van der Waals surface area contributed by atoms with Crippen LogP contribution in [0, 0.1) is 35.5 Å². The van der Waals surface area contributed by atoms with E-state index in [4.69, 9.17) is 0 Å². The predicted octanol–water partition coefficient (Wildman–Crippen LogP) is 13.8. The first kappa shape index (κ1) is 83.2. The lowest BCUT2D eigenvalue weighted by Gasteiger charge is -1.91. The normalized spacial score (nSPS) is 9.03. The highest BCUT2D eigenvalue weighted by Gasteiger charge is 2.03. The zero-order valence-electron chi connectivity index (χ0n) is 51.7. The molecule has 0 saturated heterocycles. The van der Waals surface area contributed by atoms with Gasteiger partial charge in [0.25, 0.3) is 5.89 Å². The first-order chi connectivity index (χ1) is 37.3. The summed E-state index contributed by atoms with van der Waals surface area (Å²) >= 11 is 2.46. The monoisotopic (exact) mass is 1150 g/mol. The summed E-state index contributed by atoms with van der Waals surface area (Å²) in [5, 5.41) is 54.0. The van der Waals surface area contributed by atoms with Gasteiger partial charge in [-0.2, -0.15) is 9.47 Å². The number of aromatic nitrogens is 21. The maximum absolute atomic E-state index is 4.62. The van der Waals surface area contributed by atoms with E-state index in [0.717, 1.165) is 57.9 Å². The zero-order chi connectivity index (χ0) is 61.3. The Morgan fingerprint density at radius 3 is 1.18 bits per heavy atom. The van der Waals surface area contributed by atoms with Crippen molar-refractivity contribution in [1.82, 2.24) is 106 Å². The quantitative estimate of drug-likeness (QED) is 0.172. The minimum absolute atomic E-state index is 0.282. The third kappa shape index (κ3) is 104. The number of rotatable bonds is 3. The number of nitrogens with one attached hydrogen (secondary N) is 1. The molecule has 1 N–H and O–H groups in total. The average molecular weight is 1150 g/mol. The Kier molecular flexibility index (Phi) is 70.6. The fourth-order valence-corrected chi connectivity index (χ4v) is 2.79. The molecule has 9 aromatic heterocycles. The maximum atomic E-state index is 4.62. The lowest BCUT2D eigenvalue weighted by atomic mass is 10.2. The van der Waals surface area contributed by atoms with Gasteiger partial charge in [0.05, 0.1) is 40.9 Å². The van der Waals surface area contributed by atoms with E-state index in [9.17, 15) is 0 Å². The molecule has 0 aliphatic rings. The van der Waals surface area contributed by atoms with E-state index in [0.29, 0.717) is 17.7 Å². The first-order valence-corrected chi connectivity index (χ1v) is 27.2. The molecule has 0 atom stereocenters. The van der Waals surface area contributed by atoms with E-state index >= 15 is 0 Å². The van der Waals surface area contributed by atoms with Gasteiger partial charge in [-0.05, 0) is 63.2 Å². The van der Waals surface area contributed by atoms with Crippen molar-refractivity contribution in [1.29, 1.82) is 0 Å². The summed E-state index contributed by atoms with van der Waals surface area (Å²) < 4.78 is 32.1. The molecule has 79 heavy (non-hydrogen) atoms. The van der Waals surface area contributed by atoms with E-state index in [-0.39, 0.29) is 5.92 Å². The molecule has 0 aliphatic carbocycles. The minimum atomic E-state index is 0.282. The summed E-state index contributed by atoms with van der Waals surface area (Å²) in [6.45, 7) is 51.2. The summed E-state index contributed by atoms with van der Waals surface area (Å²) in [5.74, 6) is 6.76. The van der Waals surface area contributed by atoms with Crippen LogP contribution in [0.3, 0.4) is 0 Å². The summed E-state index contributed by atoms with van der Waals surface area (Å²) in [5.41, 5.74) is 0.907. The lowest BCUT2D eigenvalue weighted by Crippen LogP contribution is -1.85. The predicted molar refractivity (Wildman–Crippen MR) is 311 cm³/mol. The molecule has 0 unspecified atom stereocenters. The molecule has 28 heteroatoms. The minimum Gasteiger partial charge on any atom is -0.365 e. The van der Waals surface area contributed by atoms with Crippen LogP contribution >= 0.6 is 23.3 Å². The van der Waals surface area contributed by atoms with Crippen molar-refractivity contribution in [3.05, 3.63) is 110 Å². The molecule has 9 aromatic rings. The maximum Gasteiger partial charge on any atom is 0.250 e. The van der Waals surface area contributed by atoms with Gasteiger partial charge in [-0.25, -0.2) is 9.26 Å². The molecule has 9 rings (SSSR count). The van der Waals surface area contributed by atoms with Crippen molar-refractivity contribution in [2.45, 2.75) is 184 Å².